The summed E-state index contributed by atoms with van der Waals surface area (Å²) in [5.74, 6) is 0.0569. The molecule has 3 N–H and O–H groups in total. The Balaban J connectivity index is 1.65. The first-order chi connectivity index (χ1) is 15.0. The van der Waals surface area contributed by atoms with E-state index in [1.54, 1.807) is 18.2 Å². The van der Waals surface area contributed by atoms with Gasteiger partial charge in [0, 0.05) is 5.56 Å². The van der Waals surface area contributed by atoms with Crippen LogP contribution in [0.3, 0.4) is 0 Å². The first-order valence-corrected chi connectivity index (χ1v) is 10.8. The van der Waals surface area contributed by atoms with Crippen molar-refractivity contribution in [1.29, 1.82) is 0 Å². The second-order valence-corrected chi connectivity index (χ2v) is 7.99. The summed E-state index contributed by atoms with van der Waals surface area (Å²) < 4.78 is 5.52. The lowest BCUT2D eigenvalue weighted by Gasteiger charge is -2.21. The Morgan fingerprint density at radius 3 is 2.42 bits per heavy atom. The predicted molar refractivity (Wildman–Crippen MR) is 122 cm³/mol. The van der Waals surface area contributed by atoms with E-state index in [9.17, 15) is 9.59 Å². The number of carbonyl (C=O) groups excluding carboxylic acids is 2. The van der Waals surface area contributed by atoms with Crippen molar-refractivity contribution in [3.63, 3.8) is 0 Å². The van der Waals surface area contributed by atoms with Crippen LogP contribution in [0.1, 0.15) is 20.8 Å². The van der Waals surface area contributed by atoms with E-state index >= 15 is 0 Å². The lowest BCUT2D eigenvalue weighted by molar-refractivity contribution is -0.118. The molecule has 0 spiro atoms. The zero-order chi connectivity index (χ0) is 22.2. The van der Waals surface area contributed by atoms with E-state index in [0.717, 1.165) is 5.56 Å². The maximum atomic E-state index is 12.8. The summed E-state index contributed by atoms with van der Waals surface area (Å²) in [7, 11) is 0. The molecule has 2 aromatic carbocycles. The van der Waals surface area contributed by atoms with E-state index in [4.69, 9.17) is 4.74 Å². The molecule has 1 atom stereocenters. The van der Waals surface area contributed by atoms with Crippen molar-refractivity contribution in [3.05, 3.63) is 54.6 Å². The van der Waals surface area contributed by atoms with Gasteiger partial charge in [0.25, 0.3) is 0 Å². The number of hydrogen-bond donors (Lipinski definition) is 3. The molecule has 31 heavy (non-hydrogen) atoms. The molecule has 1 unspecified atom stereocenters. The number of benzene rings is 2. The normalized spacial score (nSPS) is 11.6. The third-order valence-electron chi connectivity index (χ3n) is 4.35. The number of aromatic nitrogens is 2. The Hall–Kier alpha value is -3.46. The molecule has 3 amide bonds. The smallest absolute Gasteiger partial charge is 0.320 e. The minimum Gasteiger partial charge on any atom is -0.492 e. The highest BCUT2D eigenvalue weighted by molar-refractivity contribution is 7.18. The zero-order valence-corrected chi connectivity index (χ0v) is 18.4. The number of ether oxygens (including phenoxy) is 1. The van der Waals surface area contributed by atoms with Crippen molar-refractivity contribution < 1.29 is 14.3 Å². The van der Waals surface area contributed by atoms with E-state index < -0.39 is 12.1 Å². The summed E-state index contributed by atoms with van der Waals surface area (Å²) in [6.45, 7) is 6.05. The van der Waals surface area contributed by atoms with Crippen LogP contribution in [0.15, 0.2) is 54.6 Å². The second kappa shape index (κ2) is 10.5. The van der Waals surface area contributed by atoms with Gasteiger partial charge in [0.1, 0.15) is 16.8 Å². The van der Waals surface area contributed by atoms with Crippen molar-refractivity contribution in [2.24, 2.45) is 5.92 Å². The molecule has 0 aliphatic rings. The van der Waals surface area contributed by atoms with Crippen molar-refractivity contribution in [1.82, 2.24) is 15.5 Å². The number of anilines is 2. The fraction of sp³-hybridized carbons (Fsp3) is 0.273. The maximum Gasteiger partial charge on any atom is 0.320 e. The Morgan fingerprint density at radius 2 is 1.71 bits per heavy atom. The van der Waals surface area contributed by atoms with Crippen molar-refractivity contribution in [2.45, 2.75) is 26.8 Å². The van der Waals surface area contributed by atoms with Crippen LogP contribution in [0.2, 0.25) is 0 Å². The van der Waals surface area contributed by atoms with Crippen LogP contribution in [-0.2, 0) is 4.79 Å². The third-order valence-corrected chi connectivity index (χ3v) is 5.23. The van der Waals surface area contributed by atoms with Crippen LogP contribution in [0.4, 0.5) is 15.6 Å². The van der Waals surface area contributed by atoms with Crippen LogP contribution in [-0.4, -0.2) is 34.8 Å². The van der Waals surface area contributed by atoms with Gasteiger partial charge in [0.05, 0.1) is 12.3 Å². The van der Waals surface area contributed by atoms with Gasteiger partial charge in [0.15, 0.2) is 0 Å². The van der Waals surface area contributed by atoms with Gasteiger partial charge in [-0.15, -0.1) is 10.2 Å². The highest BCUT2D eigenvalue weighted by Gasteiger charge is 2.25. The van der Waals surface area contributed by atoms with E-state index in [-0.39, 0.29) is 11.8 Å². The highest BCUT2D eigenvalue weighted by Crippen LogP contribution is 2.26. The number of urea groups is 1. The lowest BCUT2D eigenvalue weighted by Crippen LogP contribution is -2.48. The standard InChI is InChI=1S/C22H25N5O3S/c1-4-30-17-13-9-8-12-16(17)23-21(29)24-18(14(2)3)19(28)25-22-27-26-20(31-22)15-10-6-5-7-11-15/h5-14,18H,4H2,1-3H3,(H2,23,24,29)(H,25,27,28). The molecule has 0 aliphatic heterocycles. The Kier molecular flexibility index (Phi) is 7.55. The summed E-state index contributed by atoms with van der Waals surface area (Å²) in [5.41, 5.74) is 1.45. The molecular weight excluding hydrogens is 414 g/mol. The van der Waals surface area contributed by atoms with Gasteiger partial charge < -0.3 is 15.4 Å². The van der Waals surface area contributed by atoms with E-state index in [2.05, 4.69) is 26.1 Å². The van der Waals surface area contributed by atoms with Crippen LogP contribution in [0.5, 0.6) is 5.75 Å². The topological polar surface area (TPSA) is 105 Å². The third kappa shape index (κ3) is 6.02. The van der Waals surface area contributed by atoms with Crippen LogP contribution >= 0.6 is 11.3 Å². The number of hydrogen-bond acceptors (Lipinski definition) is 6. The Morgan fingerprint density at radius 1 is 1.00 bits per heavy atom. The minimum absolute atomic E-state index is 0.144. The molecule has 3 rings (SSSR count). The average Bonchev–Trinajstić information content (AvgIpc) is 3.22. The van der Waals surface area contributed by atoms with Crippen molar-refractivity contribution in [3.8, 4) is 16.3 Å². The quantitative estimate of drug-likeness (QED) is 0.483. The van der Waals surface area contributed by atoms with Gasteiger partial charge in [-0.2, -0.15) is 0 Å². The van der Waals surface area contributed by atoms with Gasteiger partial charge >= 0.3 is 6.03 Å². The molecule has 8 nitrogen and oxygen atoms in total. The Bertz CT molecular complexity index is 1020. The van der Waals surface area contributed by atoms with Crippen LogP contribution < -0.4 is 20.7 Å². The number of rotatable bonds is 8. The molecule has 1 aromatic heterocycles. The number of amides is 3. The van der Waals surface area contributed by atoms with Crippen LogP contribution in [0.25, 0.3) is 10.6 Å². The largest absolute Gasteiger partial charge is 0.492 e. The number of nitrogens with zero attached hydrogens (tertiary/aromatic N) is 2. The molecule has 0 fully saturated rings. The molecule has 0 radical (unpaired) electrons. The molecule has 0 saturated carbocycles. The lowest BCUT2D eigenvalue weighted by atomic mass is 10.0. The monoisotopic (exact) mass is 439 g/mol. The molecular formula is C22H25N5O3S. The SMILES string of the molecule is CCOc1ccccc1NC(=O)NC(C(=O)Nc1nnc(-c2ccccc2)s1)C(C)C. The summed E-state index contributed by atoms with van der Waals surface area (Å²) in [4.78, 5) is 25.4. The van der Waals surface area contributed by atoms with Crippen molar-refractivity contribution in [2.75, 3.05) is 17.2 Å². The summed E-state index contributed by atoms with van der Waals surface area (Å²) in [6.07, 6.45) is 0. The van der Waals surface area contributed by atoms with Crippen LogP contribution in [0, 0.1) is 5.92 Å². The fourth-order valence-electron chi connectivity index (χ4n) is 2.84. The van der Waals surface area contributed by atoms with E-state index in [0.29, 0.717) is 28.2 Å². The molecule has 0 saturated heterocycles. The van der Waals surface area contributed by atoms with E-state index in [1.165, 1.54) is 11.3 Å². The minimum atomic E-state index is -0.761. The number of carbonyl (C=O) groups is 2. The molecule has 0 aliphatic carbocycles. The second-order valence-electron chi connectivity index (χ2n) is 7.02. The van der Waals surface area contributed by atoms with Crippen molar-refractivity contribution >= 4 is 34.1 Å². The average molecular weight is 440 g/mol. The first kappa shape index (κ1) is 22.2. The molecule has 1 heterocycles. The summed E-state index contributed by atoms with van der Waals surface area (Å²) in [5, 5.41) is 17.5. The predicted octanol–water partition coefficient (Wildman–Crippen LogP) is 4.39. The number of para-hydroxylation sites is 2. The molecule has 162 valence electrons. The molecule has 3 aromatic rings. The molecule has 9 heteroatoms. The van der Waals surface area contributed by atoms with Gasteiger partial charge in [-0.3, -0.25) is 10.1 Å². The van der Waals surface area contributed by atoms with Gasteiger partial charge in [0.2, 0.25) is 11.0 Å². The van der Waals surface area contributed by atoms with E-state index in [1.807, 2.05) is 57.2 Å². The van der Waals surface area contributed by atoms with Gasteiger partial charge in [-0.1, -0.05) is 67.6 Å². The number of nitrogens with one attached hydrogen (secondary N) is 3. The maximum absolute atomic E-state index is 12.8. The summed E-state index contributed by atoms with van der Waals surface area (Å²) >= 11 is 1.27. The van der Waals surface area contributed by atoms with Gasteiger partial charge in [-0.05, 0) is 25.0 Å². The molecule has 0 bridgehead atoms. The zero-order valence-electron chi connectivity index (χ0n) is 17.6. The highest BCUT2D eigenvalue weighted by atomic mass is 32.1. The fourth-order valence-corrected chi connectivity index (χ4v) is 3.59. The Labute approximate surface area is 185 Å². The summed E-state index contributed by atoms with van der Waals surface area (Å²) in [6, 6.07) is 15.5. The first-order valence-electron chi connectivity index (χ1n) is 9.97. The van der Waals surface area contributed by atoms with Gasteiger partial charge in [-0.25, -0.2) is 4.79 Å².